The molecule has 0 radical (unpaired) electrons. The molecule has 0 aromatic carbocycles. The Morgan fingerprint density at radius 3 is 2.46 bits per heavy atom. The van der Waals surface area contributed by atoms with E-state index in [0.717, 1.165) is 0 Å². The zero-order valence-corrected chi connectivity index (χ0v) is 7.57. The van der Waals surface area contributed by atoms with Gasteiger partial charge in [-0.2, -0.15) is 0 Å². The van der Waals surface area contributed by atoms with E-state index >= 15 is 0 Å². The van der Waals surface area contributed by atoms with Gasteiger partial charge in [0, 0.05) is 6.54 Å². The summed E-state index contributed by atoms with van der Waals surface area (Å²) in [6.45, 7) is 1.46. The lowest BCUT2D eigenvalue weighted by atomic mass is 9.88. The summed E-state index contributed by atoms with van der Waals surface area (Å²) in [7, 11) is 0.439. The number of hydrogen-bond acceptors (Lipinski definition) is 4. The van der Waals surface area contributed by atoms with E-state index in [0.29, 0.717) is 0 Å². The minimum Gasteiger partial charge on any atom is -0.480 e. The number of amides is 1. The van der Waals surface area contributed by atoms with Crippen molar-refractivity contribution in [2.75, 3.05) is 6.54 Å². The van der Waals surface area contributed by atoms with E-state index in [1.165, 1.54) is 14.7 Å². The van der Waals surface area contributed by atoms with Gasteiger partial charge in [0.2, 0.25) is 7.85 Å². The van der Waals surface area contributed by atoms with Crippen LogP contribution in [0.2, 0.25) is 6.82 Å². The summed E-state index contributed by atoms with van der Waals surface area (Å²) in [4.78, 5) is 21.0. The molecular formula is C5H12B2N2O4. The Kier molecular flexibility index (Phi) is 5.17. The predicted octanol–water partition coefficient (Wildman–Crippen LogP) is -2.52. The topological polar surface area (TPSA) is 98.7 Å². The van der Waals surface area contributed by atoms with Crippen LogP contribution < -0.4 is 10.5 Å². The van der Waals surface area contributed by atoms with Crippen molar-refractivity contribution in [3.05, 3.63) is 0 Å². The first kappa shape index (κ1) is 12.0. The highest BCUT2D eigenvalue weighted by atomic mass is 16.4. The molecule has 0 heterocycles. The predicted molar refractivity (Wildman–Crippen MR) is 50.3 cm³/mol. The molecule has 0 unspecified atom stereocenters. The molecule has 0 fully saturated rings. The Morgan fingerprint density at radius 1 is 1.62 bits per heavy atom. The molecule has 0 saturated heterocycles. The minimum absolute atomic E-state index is 0.00736. The Morgan fingerprint density at radius 2 is 2.15 bits per heavy atom. The molecule has 8 heteroatoms. The number of aliphatic carboxylic acids is 1. The normalized spacial score (nSPS) is 11.8. The molecule has 1 atom stereocenters. The van der Waals surface area contributed by atoms with Crippen molar-refractivity contribution in [1.82, 2.24) is 10.5 Å². The van der Waals surface area contributed by atoms with Crippen molar-refractivity contribution < 1.29 is 19.7 Å². The smallest absolute Gasteiger partial charge is 0.373 e. The fourth-order valence-electron chi connectivity index (χ4n) is 0.734. The van der Waals surface area contributed by atoms with Crippen LogP contribution in [-0.4, -0.2) is 49.4 Å². The Bertz CT molecular complexity index is 199. The summed E-state index contributed by atoms with van der Waals surface area (Å²) in [5.74, 6) is -1.55. The van der Waals surface area contributed by atoms with Crippen LogP contribution in [0.15, 0.2) is 0 Å². The SMILES string of the molecule is BC(=O)N[C@H](CNB(C)O)C(=O)O. The average molecular weight is 186 g/mol. The monoisotopic (exact) mass is 186 g/mol. The fourth-order valence-corrected chi connectivity index (χ4v) is 0.734. The molecule has 0 aromatic heterocycles. The fraction of sp³-hybridized carbons (Fsp3) is 0.600. The number of nitrogens with one attached hydrogen (secondary N) is 2. The van der Waals surface area contributed by atoms with Crippen molar-refractivity contribution in [3.8, 4) is 0 Å². The number of carboxylic acid groups (broad SMARTS) is 1. The quantitative estimate of drug-likeness (QED) is 0.355. The molecule has 0 aliphatic heterocycles. The van der Waals surface area contributed by atoms with Crippen LogP contribution in [0, 0.1) is 0 Å². The minimum atomic E-state index is -1.14. The number of rotatable bonds is 5. The van der Waals surface area contributed by atoms with Crippen molar-refractivity contribution >= 4 is 26.7 Å². The maximum Gasteiger partial charge on any atom is 0.373 e. The Hall–Kier alpha value is -1.01. The van der Waals surface area contributed by atoms with E-state index in [1.54, 1.807) is 0 Å². The molecule has 0 spiro atoms. The van der Waals surface area contributed by atoms with Gasteiger partial charge in [-0.15, -0.1) is 0 Å². The van der Waals surface area contributed by atoms with E-state index in [9.17, 15) is 9.59 Å². The zero-order chi connectivity index (χ0) is 10.4. The highest BCUT2D eigenvalue weighted by Crippen LogP contribution is 1.82. The van der Waals surface area contributed by atoms with Crippen molar-refractivity contribution in [1.29, 1.82) is 0 Å². The Labute approximate surface area is 77.2 Å². The summed E-state index contributed by atoms with van der Waals surface area (Å²) in [6.07, 6.45) is 0. The number of carboxylic acids is 1. The largest absolute Gasteiger partial charge is 0.480 e. The molecule has 13 heavy (non-hydrogen) atoms. The number of hydrogen-bond donors (Lipinski definition) is 4. The number of carbonyl (C=O) groups excluding carboxylic acids is 1. The second kappa shape index (κ2) is 5.60. The first-order valence-corrected chi connectivity index (χ1v) is 3.85. The van der Waals surface area contributed by atoms with E-state index < -0.39 is 24.9 Å². The highest BCUT2D eigenvalue weighted by molar-refractivity contribution is 6.57. The molecule has 0 aromatic rings. The van der Waals surface area contributed by atoms with Crippen LogP contribution >= 0.6 is 0 Å². The molecule has 0 bridgehead atoms. The third-order valence-electron chi connectivity index (χ3n) is 1.29. The van der Waals surface area contributed by atoms with Crippen LogP contribution in [0.5, 0.6) is 0 Å². The molecule has 1 amide bonds. The molecule has 0 aliphatic rings. The third kappa shape index (κ3) is 6.18. The van der Waals surface area contributed by atoms with Gasteiger partial charge in [-0.25, -0.2) is 4.79 Å². The van der Waals surface area contributed by atoms with Crippen LogP contribution in [0.1, 0.15) is 0 Å². The van der Waals surface area contributed by atoms with E-state index in [4.69, 9.17) is 10.1 Å². The van der Waals surface area contributed by atoms with E-state index in [-0.39, 0.29) is 6.54 Å². The standard InChI is InChI=1S/C5H12B2N2O4/c1-7(13)8-2-3(4(10)11)9-5(6)12/h3,8,13H,2,6H2,1H3,(H,9,12)(H,10,11)/t3-/m1/s1. The van der Waals surface area contributed by atoms with Crippen molar-refractivity contribution in [3.63, 3.8) is 0 Å². The van der Waals surface area contributed by atoms with E-state index in [1.807, 2.05) is 0 Å². The lowest BCUT2D eigenvalue weighted by Crippen LogP contribution is -2.49. The highest BCUT2D eigenvalue weighted by Gasteiger charge is 2.18. The van der Waals surface area contributed by atoms with Crippen LogP contribution in [0.4, 0.5) is 4.79 Å². The first-order valence-electron chi connectivity index (χ1n) is 3.85. The van der Waals surface area contributed by atoms with Crippen LogP contribution in [0.25, 0.3) is 0 Å². The summed E-state index contributed by atoms with van der Waals surface area (Å²) in [5, 5.41) is 22.1. The molecule has 4 N–H and O–H groups in total. The summed E-state index contributed by atoms with van der Waals surface area (Å²) in [5.41, 5.74) is 0. The van der Waals surface area contributed by atoms with Gasteiger partial charge in [-0.1, -0.05) is 0 Å². The van der Waals surface area contributed by atoms with Gasteiger partial charge in [-0.05, 0) is 6.82 Å². The number of carbonyl (C=O) groups is 2. The molecule has 0 rings (SSSR count). The van der Waals surface area contributed by atoms with Crippen molar-refractivity contribution in [2.24, 2.45) is 0 Å². The van der Waals surface area contributed by atoms with Gasteiger partial charge in [0.1, 0.15) is 6.04 Å². The lowest BCUT2D eigenvalue weighted by molar-refractivity contribution is -0.138. The van der Waals surface area contributed by atoms with Gasteiger partial charge >= 0.3 is 13.0 Å². The van der Waals surface area contributed by atoms with Gasteiger partial charge in [0.25, 0.3) is 0 Å². The third-order valence-corrected chi connectivity index (χ3v) is 1.29. The molecule has 0 aliphatic carbocycles. The zero-order valence-electron chi connectivity index (χ0n) is 7.57. The maximum atomic E-state index is 10.5. The van der Waals surface area contributed by atoms with Gasteiger partial charge in [-0.3, -0.25) is 4.79 Å². The molecule has 0 saturated carbocycles. The Balaban J connectivity index is 3.95. The average Bonchev–Trinajstić information content (AvgIpc) is 1.96. The van der Waals surface area contributed by atoms with Crippen LogP contribution in [-0.2, 0) is 4.79 Å². The second-order valence-corrected chi connectivity index (χ2v) is 2.68. The van der Waals surface area contributed by atoms with Gasteiger partial charge in [0.15, 0.2) is 5.81 Å². The molecular weight excluding hydrogens is 174 g/mol. The summed E-state index contributed by atoms with van der Waals surface area (Å²) in [6, 6.07) is -1.01. The lowest BCUT2D eigenvalue weighted by Gasteiger charge is -2.14. The first-order chi connectivity index (χ1) is 5.93. The second-order valence-electron chi connectivity index (χ2n) is 2.68. The van der Waals surface area contributed by atoms with E-state index in [2.05, 4.69) is 10.5 Å². The molecule has 72 valence electrons. The van der Waals surface area contributed by atoms with Crippen LogP contribution in [0.3, 0.4) is 0 Å². The van der Waals surface area contributed by atoms with Gasteiger partial charge in [0.05, 0.1) is 0 Å². The van der Waals surface area contributed by atoms with Crippen molar-refractivity contribution in [2.45, 2.75) is 12.9 Å². The summed E-state index contributed by atoms with van der Waals surface area (Å²) < 4.78 is 0. The van der Waals surface area contributed by atoms with Gasteiger partial charge < -0.3 is 20.7 Å². The maximum absolute atomic E-state index is 10.5. The summed E-state index contributed by atoms with van der Waals surface area (Å²) >= 11 is 0. The molecule has 6 nitrogen and oxygen atoms in total.